The van der Waals surface area contributed by atoms with Gasteiger partial charge < -0.3 is 19.7 Å². The molecule has 0 aromatic heterocycles. The monoisotopic (exact) mass is 304 g/mol. The normalized spacial score (nSPS) is 20.7. The van der Waals surface area contributed by atoms with E-state index in [0.717, 1.165) is 17.9 Å². The van der Waals surface area contributed by atoms with E-state index in [2.05, 4.69) is 5.32 Å². The van der Waals surface area contributed by atoms with E-state index >= 15 is 0 Å². The number of amides is 1. The molecule has 1 heterocycles. The number of carbonyl (C=O) groups excluding carboxylic acids is 1. The molecule has 1 unspecified atom stereocenters. The first-order chi connectivity index (χ1) is 10.5. The van der Waals surface area contributed by atoms with Gasteiger partial charge in [-0.2, -0.15) is 0 Å². The maximum Gasteiger partial charge on any atom is 0.244 e. The summed E-state index contributed by atoms with van der Waals surface area (Å²) in [6.45, 7) is 1.55. The Hall–Kier alpha value is -1.85. The van der Waals surface area contributed by atoms with Gasteiger partial charge in [-0.05, 0) is 25.7 Å². The van der Waals surface area contributed by atoms with E-state index in [1.807, 2.05) is 49.3 Å². The van der Waals surface area contributed by atoms with Crippen molar-refractivity contribution in [2.45, 2.75) is 12.0 Å². The third kappa shape index (κ3) is 4.32. The molecule has 1 aromatic rings. The molecule has 5 nitrogen and oxygen atoms in total. The zero-order chi connectivity index (χ0) is 16.0. The molecule has 1 aliphatic heterocycles. The van der Waals surface area contributed by atoms with Crippen LogP contribution in [0, 0.1) is 0 Å². The van der Waals surface area contributed by atoms with E-state index in [4.69, 9.17) is 9.47 Å². The summed E-state index contributed by atoms with van der Waals surface area (Å²) in [4.78, 5) is 14.2. The molecule has 5 heteroatoms. The molecule has 120 valence electrons. The number of hydrogen-bond acceptors (Lipinski definition) is 4. The van der Waals surface area contributed by atoms with Crippen molar-refractivity contribution in [2.24, 2.45) is 0 Å². The smallest absolute Gasteiger partial charge is 0.244 e. The Balaban J connectivity index is 2.07. The number of fused-ring (bicyclic) bond motifs is 1. The minimum absolute atomic E-state index is 0.123. The number of rotatable bonds is 6. The Labute approximate surface area is 131 Å². The number of likely N-dealkylation sites (N-methyl/N-ethyl adjacent to an activating group) is 1. The first-order valence-corrected chi connectivity index (χ1v) is 7.38. The van der Waals surface area contributed by atoms with Crippen molar-refractivity contribution in [3.05, 3.63) is 42.0 Å². The standard InChI is InChI=1S/C17H24N2O3/c1-19(2)10-6-9-16(20)18-17(12-21-3)11-14-7-4-5-8-15(14)22-13-17/h4-9H,10-13H2,1-3H3,(H,18,20)/b9-6+. The Morgan fingerprint density at radius 1 is 1.45 bits per heavy atom. The quantitative estimate of drug-likeness (QED) is 0.804. The lowest BCUT2D eigenvalue weighted by molar-refractivity contribution is -0.120. The summed E-state index contributed by atoms with van der Waals surface area (Å²) in [5.74, 6) is 0.758. The highest BCUT2D eigenvalue weighted by atomic mass is 16.5. The van der Waals surface area contributed by atoms with Crippen LogP contribution in [0.4, 0.5) is 0 Å². The lowest BCUT2D eigenvalue weighted by Gasteiger charge is -2.37. The minimum atomic E-state index is -0.525. The second kappa shape index (κ2) is 7.42. The fraction of sp³-hybridized carbons (Fsp3) is 0.471. The number of carbonyl (C=O) groups is 1. The molecule has 1 aliphatic rings. The summed E-state index contributed by atoms with van der Waals surface area (Å²) in [5, 5.41) is 3.05. The van der Waals surface area contributed by atoms with Crippen LogP contribution in [0.25, 0.3) is 0 Å². The van der Waals surface area contributed by atoms with Crippen molar-refractivity contribution >= 4 is 5.91 Å². The molecule has 0 bridgehead atoms. The second-order valence-corrected chi connectivity index (χ2v) is 5.94. The van der Waals surface area contributed by atoms with Crippen LogP contribution in [0.15, 0.2) is 36.4 Å². The van der Waals surface area contributed by atoms with Gasteiger partial charge in [-0.1, -0.05) is 24.3 Å². The number of para-hydroxylation sites is 1. The van der Waals surface area contributed by atoms with Crippen LogP contribution in [0.1, 0.15) is 5.56 Å². The minimum Gasteiger partial charge on any atom is -0.491 e. The topological polar surface area (TPSA) is 50.8 Å². The van der Waals surface area contributed by atoms with Gasteiger partial charge in [0.25, 0.3) is 0 Å². The number of nitrogens with one attached hydrogen (secondary N) is 1. The van der Waals surface area contributed by atoms with E-state index < -0.39 is 5.54 Å². The molecule has 1 aromatic carbocycles. The molecule has 0 radical (unpaired) electrons. The van der Waals surface area contributed by atoms with Gasteiger partial charge in [0.2, 0.25) is 5.91 Å². The van der Waals surface area contributed by atoms with Crippen LogP contribution in [-0.4, -0.2) is 57.3 Å². The van der Waals surface area contributed by atoms with E-state index in [1.165, 1.54) is 0 Å². The molecule has 0 saturated heterocycles. The maximum absolute atomic E-state index is 12.2. The highest BCUT2D eigenvalue weighted by molar-refractivity contribution is 5.88. The fourth-order valence-corrected chi connectivity index (χ4v) is 2.58. The molecule has 0 aliphatic carbocycles. The van der Waals surface area contributed by atoms with E-state index in [0.29, 0.717) is 19.6 Å². The third-order valence-electron chi connectivity index (χ3n) is 3.55. The first kappa shape index (κ1) is 16.5. The summed E-state index contributed by atoms with van der Waals surface area (Å²) in [5.41, 5.74) is 0.561. The molecule has 1 N–H and O–H groups in total. The van der Waals surface area contributed by atoms with Gasteiger partial charge in [-0.3, -0.25) is 4.79 Å². The van der Waals surface area contributed by atoms with Gasteiger partial charge in [0, 0.05) is 26.2 Å². The number of methoxy groups -OCH3 is 1. The molecular formula is C17H24N2O3. The maximum atomic E-state index is 12.2. The Kier molecular flexibility index (Phi) is 5.57. The van der Waals surface area contributed by atoms with Crippen LogP contribution in [0.3, 0.4) is 0 Å². The average molecular weight is 304 g/mol. The van der Waals surface area contributed by atoms with Crippen LogP contribution in [0.2, 0.25) is 0 Å². The highest BCUT2D eigenvalue weighted by Gasteiger charge is 2.37. The largest absolute Gasteiger partial charge is 0.491 e. The Morgan fingerprint density at radius 3 is 2.95 bits per heavy atom. The molecule has 1 amide bonds. The van der Waals surface area contributed by atoms with E-state index in [1.54, 1.807) is 13.2 Å². The van der Waals surface area contributed by atoms with Crippen LogP contribution in [0.5, 0.6) is 5.75 Å². The summed E-state index contributed by atoms with van der Waals surface area (Å²) in [7, 11) is 5.55. The van der Waals surface area contributed by atoms with E-state index in [9.17, 15) is 4.79 Å². The zero-order valence-electron chi connectivity index (χ0n) is 13.5. The molecular weight excluding hydrogens is 280 g/mol. The van der Waals surface area contributed by atoms with Gasteiger partial charge in [0.15, 0.2) is 0 Å². The predicted octanol–water partition coefficient (Wildman–Crippen LogP) is 1.24. The van der Waals surface area contributed by atoms with Gasteiger partial charge in [0.05, 0.1) is 6.61 Å². The van der Waals surface area contributed by atoms with Crippen LogP contribution in [-0.2, 0) is 16.0 Å². The van der Waals surface area contributed by atoms with Gasteiger partial charge in [0.1, 0.15) is 17.9 Å². The SMILES string of the molecule is COCC1(NC(=O)/C=C/CN(C)C)COc2ccccc2C1. The van der Waals surface area contributed by atoms with Crippen molar-refractivity contribution in [1.82, 2.24) is 10.2 Å². The summed E-state index contributed by atoms with van der Waals surface area (Å²) < 4.78 is 11.1. The predicted molar refractivity (Wildman–Crippen MR) is 86.1 cm³/mol. The molecule has 0 fully saturated rings. The van der Waals surface area contributed by atoms with Crippen LogP contribution < -0.4 is 10.1 Å². The van der Waals surface area contributed by atoms with Crippen molar-refractivity contribution in [3.8, 4) is 5.75 Å². The van der Waals surface area contributed by atoms with Gasteiger partial charge in [-0.25, -0.2) is 0 Å². The number of hydrogen-bond donors (Lipinski definition) is 1. The molecule has 22 heavy (non-hydrogen) atoms. The van der Waals surface area contributed by atoms with Crippen molar-refractivity contribution in [2.75, 3.05) is 41.0 Å². The molecule has 1 atom stereocenters. The summed E-state index contributed by atoms with van der Waals surface area (Å²) in [6, 6.07) is 7.90. The van der Waals surface area contributed by atoms with E-state index in [-0.39, 0.29) is 5.91 Å². The number of nitrogens with zero attached hydrogens (tertiary/aromatic N) is 1. The summed E-state index contributed by atoms with van der Waals surface area (Å²) >= 11 is 0. The molecule has 0 saturated carbocycles. The first-order valence-electron chi connectivity index (χ1n) is 7.38. The Morgan fingerprint density at radius 2 is 2.23 bits per heavy atom. The molecule has 0 spiro atoms. The van der Waals surface area contributed by atoms with Crippen molar-refractivity contribution < 1.29 is 14.3 Å². The van der Waals surface area contributed by atoms with Crippen molar-refractivity contribution in [3.63, 3.8) is 0 Å². The van der Waals surface area contributed by atoms with Gasteiger partial charge in [-0.15, -0.1) is 0 Å². The molecule has 2 rings (SSSR count). The Bertz CT molecular complexity index is 542. The number of benzene rings is 1. The zero-order valence-corrected chi connectivity index (χ0v) is 13.5. The average Bonchev–Trinajstić information content (AvgIpc) is 2.47. The lowest BCUT2D eigenvalue weighted by Crippen LogP contribution is -2.58. The van der Waals surface area contributed by atoms with Gasteiger partial charge >= 0.3 is 0 Å². The number of ether oxygens (including phenoxy) is 2. The fourth-order valence-electron chi connectivity index (χ4n) is 2.58. The highest BCUT2D eigenvalue weighted by Crippen LogP contribution is 2.29. The lowest BCUT2D eigenvalue weighted by atomic mass is 9.89. The van der Waals surface area contributed by atoms with Crippen LogP contribution >= 0.6 is 0 Å². The third-order valence-corrected chi connectivity index (χ3v) is 3.55. The van der Waals surface area contributed by atoms with Crippen molar-refractivity contribution in [1.29, 1.82) is 0 Å². The summed E-state index contributed by atoms with van der Waals surface area (Å²) in [6.07, 6.45) is 4.11. The second-order valence-electron chi connectivity index (χ2n) is 5.94.